The smallest absolute Gasteiger partial charge is 0.123 e. The normalized spacial score (nSPS) is 12.4. The van der Waals surface area contributed by atoms with Crippen molar-refractivity contribution in [3.63, 3.8) is 0 Å². The van der Waals surface area contributed by atoms with E-state index in [2.05, 4.69) is 15.9 Å². The predicted molar refractivity (Wildman–Crippen MR) is 72.8 cm³/mol. The van der Waals surface area contributed by atoms with Crippen molar-refractivity contribution in [2.75, 3.05) is 0 Å². The molecule has 1 atom stereocenters. The van der Waals surface area contributed by atoms with Crippen molar-refractivity contribution in [1.29, 1.82) is 0 Å². The van der Waals surface area contributed by atoms with Crippen molar-refractivity contribution in [3.05, 3.63) is 69.9 Å². The Bertz CT molecular complexity index is 499. The molecule has 0 amide bonds. The molecule has 0 saturated carbocycles. The average Bonchev–Trinajstić information content (AvgIpc) is 2.33. The summed E-state index contributed by atoms with van der Waals surface area (Å²) in [7, 11) is 0. The standard InChI is InChI=1S/C14H11BrClF/c15-13-7-6-11(17)9-12(13)14(16)8-10-4-2-1-3-5-10/h1-7,9,14H,8H2. The van der Waals surface area contributed by atoms with Crippen molar-refractivity contribution in [2.24, 2.45) is 0 Å². The van der Waals surface area contributed by atoms with Crippen LogP contribution < -0.4 is 0 Å². The summed E-state index contributed by atoms with van der Waals surface area (Å²) in [6.45, 7) is 0. The number of alkyl halides is 1. The SMILES string of the molecule is Fc1ccc(Br)c(C(Cl)Cc2ccccc2)c1. The fraction of sp³-hybridized carbons (Fsp3) is 0.143. The van der Waals surface area contributed by atoms with Crippen LogP contribution in [0.15, 0.2) is 53.0 Å². The molecule has 3 heteroatoms. The maximum Gasteiger partial charge on any atom is 0.123 e. The first kappa shape index (κ1) is 12.6. The van der Waals surface area contributed by atoms with E-state index < -0.39 is 0 Å². The van der Waals surface area contributed by atoms with Crippen molar-refractivity contribution in [2.45, 2.75) is 11.8 Å². The highest BCUT2D eigenvalue weighted by Crippen LogP contribution is 2.31. The summed E-state index contributed by atoms with van der Waals surface area (Å²) >= 11 is 9.71. The molecule has 0 bridgehead atoms. The molecule has 0 nitrogen and oxygen atoms in total. The van der Waals surface area contributed by atoms with Crippen LogP contribution in [-0.2, 0) is 6.42 Å². The van der Waals surface area contributed by atoms with Gasteiger partial charge in [0.25, 0.3) is 0 Å². The van der Waals surface area contributed by atoms with Gasteiger partial charge in [-0.25, -0.2) is 4.39 Å². The topological polar surface area (TPSA) is 0 Å². The van der Waals surface area contributed by atoms with E-state index in [1.807, 2.05) is 30.3 Å². The minimum atomic E-state index is -0.262. The van der Waals surface area contributed by atoms with E-state index >= 15 is 0 Å². The molecule has 2 aromatic carbocycles. The molecule has 0 N–H and O–H groups in total. The number of hydrogen-bond donors (Lipinski definition) is 0. The summed E-state index contributed by atoms with van der Waals surface area (Å²) in [6, 6.07) is 14.5. The lowest BCUT2D eigenvalue weighted by Gasteiger charge is -2.12. The van der Waals surface area contributed by atoms with Crippen LogP contribution in [0.5, 0.6) is 0 Å². The van der Waals surface area contributed by atoms with Crippen LogP contribution in [-0.4, -0.2) is 0 Å². The molecular formula is C14H11BrClF. The van der Waals surface area contributed by atoms with Crippen molar-refractivity contribution >= 4 is 27.5 Å². The van der Waals surface area contributed by atoms with Gasteiger partial charge in [-0.15, -0.1) is 11.6 Å². The van der Waals surface area contributed by atoms with E-state index in [1.165, 1.54) is 12.1 Å². The Labute approximate surface area is 114 Å². The summed E-state index contributed by atoms with van der Waals surface area (Å²) in [4.78, 5) is 0. The number of rotatable bonds is 3. The van der Waals surface area contributed by atoms with E-state index in [0.29, 0.717) is 6.42 Å². The van der Waals surface area contributed by atoms with Crippen LogP contribution in [0.4, 0.5) is 4.39 Å². The van der Waals surface area contributed by atoms with Crippen LogP contribution >= 0.6 is 27.5 Å². The Morgan fingerprint density at radius 2 is 1.82 bits per heavy atom. The zero-order chi connectivity index (χ0) is 12.3. The lowest BCUT2D eigenvalue weighted by molar-refractivity contribution is 0.624. The summed E-state index contributed by atoms with van der Waals surface area (Å²) in [5, 5.41) is -0.234. The molecule has 17 heavy (non-hydrogen) atoms. The van der Waals surface area contributed by atoms with E-state index in [0.717, 1.165) is 15.6 Å². The Hall–Kier alpha value is -0.860. The van der Waals surface area contributed by atoms with Gasteiger partial charge in [0.15, 0.2) is 0 Å². The van der Waals surface area contributed by atoms with Gasteiger partial charge in [0.2, 0.25) is 0 Å². The molecule has 0 saturated heterocycles. The van der Waals surface area contributed by atoms with Crippen LogP contribution in [0.2, 0.25) is 0 Å². The molecule has 2 rings (SSSR count). The summed E-state index contributed by atoms with van der Waals surface area (Å²) in [6.07, 6.45) is 0.685. The first-order valence-electron chi connectivity index (χ1n) is 5.30. The highest BCUT2D eigenvalue weighted by atomic mass is 79.9. The van der Waals surface area contributed by atoms with Gasteiger partial charge in [-0.1, -0.05) is 46.3 Å². The Kier molecular flexibility index (Phi) is 4.19. The minimum Gasteiger partial charge on any atom is -0.207 e. The first-order chi connectivity index (χ1) is 8.16. The van der Waals surface area contributed by atoms with Crippen LogP contribution in [0.25, 0.3) is 0 Å². The summed E-state index contributed by atoms with van der Waals surface area (Å²) < 4.78 is 14.0. The van der Waals surface area contributed by atoms with Crippen molar-refractivity contribution in [3.8, 4) is 0 Å². The van der Waals surface area contributed by atoms with Gasteiger partial charge < -0.3 is 0 Å². The summed E-state index contributed by atoms with van der Waals surface area (Å²) in [5.41, 5.74) is 1.93. The maximum atomic E-state index is 13.2. The molecule has 0 aliphatic carbocycles. The third-order valence-corrected chi connectivity index (χ3v) is 3.66. The quantitative estimate of drug-likeness (QED) is 0.691. The van der Waals surface area contributed by atoms with Gasteiger partial charge in [-0.2, -0.15) is 0 Å². The third-order valence-electron chi connectivity index (χ3n) is 2.55. The molecule has 0 heterocycles. The van der Waals surface area contributed by atoms with E-state index in [-0.39, 0.29) is 11.2 Å². The van der Waals surface area contributed by atoms with Gasteiger partial charge >= 0.3 is 0 Å². The third kappa shape index (κ3) is 3.30. The van der Waals surface area contributed by atoms with E-state index in [1.54, 1.807) is 6.07 Å². The van der Waals surface area contributed by atoms with Crippen molar-refractivity contribution in [1.82, 2.24) is 0 Å². The van der Waals surface area contributed by atoms with Crippen LogP contribution in [0.1, 0.15) is 16.5 Å². The number of halogens is 3. The van der Waals surface area contributed by atoms with Gasteiger partial charge in [0.1, 0.15) is 5.82 Å². The first-order valence-corrected chi connectivity index (χ1v) is 6.52. The average molecular weight is 314 g/mol. The second-order valence-corrected chi connectivity index (χ2v) is 5.20. The summed E-state index contributed by atoms with van der Waals surface area (Å²) in [5.74, 6) is -0.262. The lowest BCUT2D eigenvalue weighted by atomic mass is 10.0. The Morgan fingerprint density at radius 3 is 2.53 bits per heavy atom. The molecule has 0 fully saturated rings. The molecule has 0 aromatic heterocycles. The van der Waals surface area contributed by atoms with Crippen LogP contribution in [0, 0.1) is 5.82 Å². The molecule has 0 radical (unpaired) electrons. The van der Waals surface area contributed by atoms with Crippen molar-refractivity contribution < 1.29 is 4.39 Å². The predicted octanol–water partition coefficient (Wildman–Crippen LogP) is 5.11. The molecule has 2 aromatic rings. The van der Waals surface area contributed by atoms with E-state index in [9.17, 15) is 4.39 Å². The fourth-order valence-electron chi connectivity index (χ4n) is 1.69. The highest BCUT2D eigenvalue weighted by Gasteiger charge is 2.13. The Balaban J connectivity index is 2.20. The molecule has 1 unspecified atom stereocenters. The zero-order valence-corrected chi connectivity index (χ0v) is 11.4. The minimum absolute atomic E-state index is 0.234. The molecule has 0 spiro atoms. The second-order valence-electron chi connectivity index (χ2n) is 3.82. The zero-order valence-electron chi connectivity index (χ0n) is 9.04. The molecule has 0 aliphatic heterocycles. The highest BCUT2D eigenvalue weighted by molar-refractivity contribution is 9.10. The van der Waals surface area contributed by atoms with Gasteiger partial charge in [0.05, 0.1) is 5.38 Å². The fourth-order valence-corrected chi connectivity index (χ4v) is 2.70. The van der Waals surface area contributed by atoms with Gasteiger partial charge in [-0.3, -0.25) is 0 Å². The van der Waals surface area contributed by atoms with Crippen LogP contribution in [0.3, 0.4) is 0 Å². The second kappa shape index (κ2) is 5.65. The monoisotopic (exact) mass is 312 g/mol. The van der Waals surface area contributed by atoms with E-state index in [4.69, 9.17) is 11.6 Å². The maximum absolute atomic E-state index is 13.2. The molecule has 88 valence electrons. The number of benzene rings is 2. The van der Waals surface area contributed by atoms with Gasteiger partial charge in [-0.05, 0) is 35.7 Å². The Morgan fingerprint density at radius 1 is 1.12 bits per heavy atom. The van der Waals surface area contributed by atoms with Gasteiger partial charge in [0, 0.05) is 4.47 Å². The largest absolute Gasteiger partial charge is 0.207 e. The molecular weight excluding hydrogens is 303 g/mol. The lowest BCUT2D eigenvalue weighted by Crippen LogP contribution is -1.97. The number of hydrogen-bond acceptors (Lipinski definition) is 0. The molecule has 0 aliphatic rings.